The van der Waals surface area contributed by atoms with E-state index in [1.54, 1.807) is 13.0 Å². The van der Waals surface area contributed by atoms with E-state index in [1.165, 1.54) is 0 Å². The first-order valence-corrected chi connectivity index (χ1v) is 6.86. The normalized spacial score (nSPS) is 11.6. The lowest BCUT2D eigenvalue weighted by molar-refractivity contribution is 0.237. The molecule has 1 unspecified atom stereocenters. The number of aliphatic hydroxyl groups is 1. The van der Waals surface area contributed by atoms with E-state index in [9.17, 15) is 5.11 Å². The number of hydrogen-bond acceptors (Lipinski definition) is 4. The van der Waals surface area contributed by atoms with Crippen LogP contribution in [0.4, 0.5) is 0 Å². The Labute approximate surface area is 124 Å². The van der Waals surface area contributed by atoms with Crippen LogP contribution in [0.15, 0.2) is 28.7 Å². The summed E-state index contributed by atoms with van der Waals surface area (Å²) < 4.78 is 11.1. The molecule has 0 aliphatic heterocycles. The lowest BCUT2D eigenvalue weighted by Gasteiger charge is -2.08. The molecule has 0 saturated carbocycles. The molecule has 4 nitrogen and oxygen atoms in total. The molecule has 0 amide bonds. The van der Waals surface area contributed by atoms with Gasteiger partial charge in [0.15, 0.2) is 5.89 Å². The molecule has 0 aliphatic carbocycles. The van der Waals surface area contributed by atoms with Gasteiger partial charge in [0.05, 0.1) is 12.3 Å². The summed E-state index contributed by atoms with van der Waals surface area (Å²) in [5.74, 6) is 7.62. The molecule has 0 aliphatic rings. The van der Waals surface area contributed by atoms with Crippen LogP contribution in [0.1, 0.15) is 35.9 Å². The van der Waals surface area contributed by atoms with Crippen LogP contribution in [-0.2, 0) is 6.42 Å². The minimum atomic E-state index is -0.779. The highest BCUT2D eigenvalue weighted by molar-refractivity contribution is 5.33. The molecule has 2 aromatic rings. The second-order valence-electron chi connectivity index (χ2n) is 4.70. The average molecular weight is 285 g/mol. The number of oxazole rings is 1. The maximum Gasteiger partial charge on any atom is 0.191 e. The molecular formula is C17H19NO3. The molecule has 1 N–H and O–H groups in total. The average Bonchev–Trinajstić information content (AvgIpc) is 2.78. The lowest BCUT2D eigenvalue weighted by atomic mass is 10.1. The van der Waals surface area contributed by atoms with E-state index >= 15 is 0 Å². The third-order valence-electron chi connectivity index (χ3n) is 3.06. The van der Waals surface area contributed by atoms with E-state index in [1.807, 2.05) is 32.0 Å². The molecule has 1 aromatic heterocycles. The maximum atomic E-state index is 9.84. The first-order chi connectivity index (χ1) is 10.1. The van der Waals surface area contributed by atoms with Gasteiger partial charge in [0.2, 0.25) is 0 Å². The molecule has 0 spiro atoms. The Morgan fingerprint density at radius 3 is 2.86 bits per heavy atom. The summed E-state index contributed by atoms with van der Waals surface area (Å²) in [6.07, 6.45) is -0.0935. The highest BCUT2D eigenvalue weighted by atomic mass is 16.5. The van der Waals surface area contributed by atoms with Crippen LogP contribution in [0.5, 0.6) is 5.75 Å². The van der Waals surface area contributed by atoms with Gasteiger partial charge in [-0.3, -0.25) is 0 Å². The molecule has 21 heavy (non-hydrogen) atoms. The van der Waals surface area contributed by atoms with Crippen molar-refractivity contribution < 1.29 is 14.3 Å². The highest BCUT2D eigenvalue weighted by Crippen LogP contribution is 2.19. The van der Waals surface area contributed by atoms with E-state index in [4.69, 9.17) is 9.15 Å². The summed E-state index contributed by atoms with van der Waals surface area (Å²) in [5.41, 5.74) is 1.65. The maximum absolute atomic E-state index is 9.84. The van der Waals surface area contributed by atoms with Crippen LogP contribution in [0, 0.1) is 25.7 Å². The van der Waals surface area contributed by atoms with E-state index in [2.05, 4.69) is 16.8 Å². The van der Waals surface area contributed by atoms with Crippen molar-refractivity contribution in [3.05, 3.63) is 47.2 Å². The summed E-state index contributed by atoms with van der Waals surface area (Å²) >= 11 is 0. The fraction of sp³-hybridized carbons (Fsp3) is 0.353. The van der Waals surface area contributed by atoms with E-state index < -0.39 is 6.10 Å². The standard InChI is InChI=1S/C17H19NO3/c1-4-6-17(19)14-7-5-8-15(11-14)20-10-9-16-12(2)21-13(3)18-16/h5,7-8,11,17,19H,9-10H2,1-3H3. The van der Waals surface area contributed by atoms with E-state index in [-0.39, 0.29) is 0 Å². The Morgan fingerprint density at radius 2 is 2.19 bits per heavy atom. The molecule has 4 heteroatoms. The quantitative estimate of drug-likeness (QED) is 0.858. The molecule has 1 heterocycles. The zero-order valence-electron chi connectivity index (χ0n) is 12.5. The fourth-order valence-electron chi connectivity index (χ4n) is 2.06. The predicted molar refractivity (Wildman–Crippen MR) is 80.0 cm³/mol. The third-order valence-corrected chi connectivity index (χ3v) is 3.06. The number of hydrogen-bond donors (Lipinski definition) is 1. The zero-order valence-corrected chi connectivity index (χ0v) is 12.5. The number of nitrogens with zero attached hydrogens (tertiary/aromatic N) is 1. The zero-order chi connectivity index (χ0) is 15.2. The third kappa shape index (κ3) is 4.11. The van der Waals surface area contributed by atoms with Gasteiger partial charge >= 0.3 is 0 Å². The van der Waals surface area contributed by atoms with Gasteiger partial charge in [-0.25, -0.2) is 4.98 Å². The van der Waals surface area contributed by atoms with Crippen LogP contribution in [0.25, 0.3) is 0 Å². The van der Waals surface area contributed by atoms with Gasteiger partial charge in [0, 0.05) is 13.3 Å². The molecule has 0 fully saturated rings. The van der Waals surface area contributed by atoms with E-state index in [0.29, 0.717) is 24.7 Å². The summed E-state index contributed by atoms with van der Waals surface area (Å²) in [6.45, 7) is 5.93. The van der Waals surface area contributed by atoms with E-state index in [0.717, 1.165) is 17.0 Å². The number of aromatic nitrogens is 1. The van der Waals surface area contributed by atoms with Gasteiger partial charge in [-0.1, -0.05) is 18.1 Å². The number of rotatable bonds is 5. The highest BCUT2D eigenvalue weighted by Gasteiger charge is 2.08. The topological polar surface area (TPSA) is 55.5 Å². The second-order valence-corrected chi connectivity index (χ2v) is 4.70. The number of benzene rings is 1. The van der Waals surface area contributed by atoms with Crippen LogP contribution < -0.4 is 4.74 Å². The molecule has 1 aromatic carbocycles. The van der Waals surface area contributed by atoms with Gasteiger partial charge in [-0.05, 0) is 31.5 Å². The van der Waals surface area contributed by atoms with Crippen molar-refractivity contribution in [2.24, 2.45) is 0 Å². The van der Waals surface area contributed by atoms with Crippen molar-refractivity contribution in [2.45, 2.75) is 33.3 Å². The molecule has 0 saturated heterocycles. The van der Waals surface area contributed by atoms with Crippen molar-refractivity contribution in [3.8, 4) is 17.6 Å². The van der Waals surface area contributed by atoms with Gasteiger partial charge in [0.1, 0.15) is 17.6 Å². The Morgan fingerprint density at radius 1 is 1.38 bits per heavy atom. The predicted octanol–water partition coefficient (Wildman–Crippen LogP) is 2.97. The SMILES string of the molecule is CC#CC(O)c1cccc(OCCc2nc(C)oc2C)c1. The summed E-state index contributed by atoms with van der Waals surface area (Å²) in [6, 6.07) is 7.33. The minimum absolute atomic E-state index is 0.506. The summed E-state index contributed by atoms with van der Waals surface area (Å²) in [5, 5.41) is 9.84. The number of aryl methyl sites for hydroxylation is 2. The monoisotopic (exact) mass is 285 g/mol. The Bertz CT molecular complexity index is 664. The molecule has 0 radical (unpaired) electrons. The van der Waals surface area contributed by atoms with Crippen LogP contribution in [-0.4, -0.2) is 16.7 Å². The first-order valence-electron chi connectivity index (χ1n) is 6.86. The second kappa shape index (κ2) is 6.96. The molecule has 0 bridgehead atoms. The molecular weight excluding hydrogens is 266 g/mol. The van der Waals surface area contributed by atoms with Gasteiger partial charge in [-0.15, -0.1) is 5.92 Å². The number of ether oxygens (including phenoxy) is 1. The first kappa shape index (κ1) is 15.1. The molecule has 110 valence electrons. The Kier molecular flexibility index (Phi) is 5.02. The fourth-order valence-corrected chi connectivity index (χ4v) is 2.06. The summed E-state index contributed by atoms with van der Waals surface area (Å²) in [7, 11) is 0. The Balaban J connectivity index is 1.95. The van der Waals surface area contributed by atoms with Crippen molar-refractivity contribution in [1.82, 2.24) is 4.98 Å². The van der Waals surface area contributed by atoms with Crippen LogP contribution >= 0.6 is 0 Å². The smallest absolute Gasteiger partial charge is 0.191 e. The lowest BCUT2D eigenvalue weighted by Crippen LogP contribution is -2.03. The van der Waals surface area contributed by atoms with Crippen LogP contribution in [0.3, 0.4) is 0 Å². The number of aliphatic hydroxyl groups excluding tert-OH is 1. The van der Waals surface area contributed by atoms with Gasteiger partial charge in [-0.2, -0.15) is 0 Å². The summed E-state index contributed by atoms with van der Waals surface area (Å²) in [4.78, 5) is 4.31. The van der Waals surface area contributed by atoms with Gasteiger partial charge in [0.25, 0.3) is 0 Å². The van der Waals surface area contributed by atoms with Crippen molar-refractivity contribution in [3.63, 3.8) is 0 Å². The minimum Gasteiger partial charge on any atom is -0.493 e. The van der Waals surface area contributed by atoms with Gasteiger partial charge < -0.3 is 14.3 Å². The van der Waals surface area contributed by atoms with Crippen LogP contribution in [0.2, 0.25) is 0 Å². The Hall–Kier alpha value is -2.25. The van der Waals surface area contributed by atoms with Crippen molar-refractivity contribution in [1.29, 1.82) is 0 Å². The van der Waals surface area contributed by atoms with Crippen molar-refractivity contribution in [2.75, 3.05) is 6.61 Å². The van der Waals surface area contributed by atoms with Crippen molar-refractivity contribution >= 4 is 0 Å². The molecule has 2 rings (SSSR count). The largest absolute Gasteiger partial charge is 0.493 e. The molecule has 1 atom stereocenters.